The molecule has 0 heterocycles. The van der Waals surface area contributed by atoms with Gasteiger partial charge in [0, 0.05) is 0 Å². The minimum atomic E-state index is 0.376. The van der Waals surface area contributed by atoms with E-state index in [4.69, 9.17) is 22.8 Å². The second-order valence-electron chi connectivity index (χ2n) is 2.76. The SMILES string of the molecule is COc1ccc(CN(N)C(=S)S)cc1. The van der Waals surface area contributed by atoms with E-state index >= 15 is 0 Å². The number of benzene rings is 1. The number of methoxy groups -OCH3 is 1. The summed E-state index contributed by atoms with van der Waals surface area (Å²) in [5, 5.41) is 1.40. The van der Waals surface area contributed by atoms with Gasteiger partial charge < -0.3 is 4.74 Å². The highest BCUT2D eigenvalue weighted by Gasteiger charge is 2.01. The van der Waals surface area contributed by atoms with Crippen molar-refractivity contribution >= 4 is 29.2 Å². The van der Waals surface area contributed by atoms with Crippen LogP contribution in [0.5, 0.6) is 5.75 Å². The molecular formula is C9H12N2OS2. The number of hydrogen-bond donors (Lipinski definition) is 2. The Balaban J connectivity index is 2.64. The maximum absolute atomic E-state index is 5.60. The van der Waals surface area contributed by atoms with Crippen LogP contribution in [0.2, 0.25) is 0 Å². The molecule has 5 heteroatoms. The van der Waals surface area contributed by atoms with Gasteiger partial charge in [-0.05, 0) is 17.7 Å². The van der Waals surface area contributed by atoms with Gasteiger partial charge in [0.25, 0.3) is 0 Å². The first-order valence-corrected chi connectivity index (χ1v) is 4.87. The van der Waals surface area contributed by atoms with E-state index in [0.29, 0.717) is 10.9 Å². The van der Waals surface area contributed by atoms with Crippen LogP contribution >= 0.6 is 24.8 Å². The van der Waals surface area contributed by atoms with E-state index in [1.54, 1.807) is 7.11 Å². The van der Waals surface area contributed by atoms with Crippen molar-refractivity contribution in [3.63, 3.8) is 0 Å². The molecule has 1 aromatic rings. The van der Waals surface area contributed by atoms with Gasteiger partial charge in [0.15, 0.2) is 0 Å². The average Bonchev–Trinajstić information content (AvgIpc) is 2.19. The molecule has 3 nitrogen and oxygen atoms in total. The van der Waals surface area contributed by atoms with Gasteiger partial charge in [-0.25, -0.2) is 5.84 Å². The Morgan fingerprint density at radius 3 is 2.50 bits per heavy atom. The largest absolute Gasteiger partial charge is 0.497 e. The van der Waals surface area contributed by atoms with E-state index in [9.17, 15) is 0 Å². The number of hydrazine groups is 1. The van der Waals surface area contributed by atoms with Crippen molar-refractivity contribution in [3.8, 4) is 5.75 Å². The number of nitrogens with zero attached hydrogens (tertiary/aromatic N) is 1. The van der Waals surface area contributed by atoms with Crippen molar-refractivity contribution in [1.29, 1.82) is 0 Å². The van der Waals surface area contributed by atoms with E-state index in [-0.39, 0.29) is 0 Å². The summed E-state index contributed by atoms with van der Waals surface area (Å²) in [6.45, 7) is 0.548. The van der Waals surface area contributed by atoms with Gasteiger partial charge in [0.2, 0.25) is 0 Å². The number of nitrogens with two attached hydrogens (primary N) is 1. The van der Waals surface area contributed by atoms with Crippen molar-refractivity contribution in [3.05, 3.63) is 29.8 Å². The Bertz CT molecular complexity index is 313. The summed E-state index contributed by atoms with van der Waals surface area (Å²) in [5.74, 6) is 6.43. The van der Waals surface area contributed by atoms with Gasteiger partial charge in [-0.15, -0.1) is 12.6 Å². The lowest BCUT2D eigenvalue weighted by Gasteiger charge is -2.15. The molecule has 0 aliphatic heterocycles. The Kier molecular flexibility index (Phi) is 4.19. The normalized spacial score (nSPS) is 9.64. The number of thiol groups is 1. The molecule has 0 saturated carbocycles. The van der Waals surface area contributed by atoms with Crippen molar-refractivity contribution < 1.29 is 4.74 Å². The summed E-state index contributed by atoms with van der Waals surface area (Å²) >= 11 is 8.78. The fraction of sp³-hybridized carbons (Fsp3) is 0.222. The molecule has 76 valence electrons. The summed E-state index contributed by atoms with van der Waals surface area (Å²) in [6.07, 6.45) is 0. The zero-order chi connectivity index (χ0) is 10.6. The van der Waals surface area contributed by atoms with Gasteiger partial charge in [-0.1, -0.05) is 24.4 Å². The second-order valence-corrected chi connectivity index (χ2v) is 3.87. The molecule has 0 aliphatic carbocycles. The molecule has 0 atom stereocenters. The highest BCUT2D eigenvalue weighted by Crippen LogP contribution is 2.12. The van der Waals surface area contributed by atoms with E-state index in [1.807, 2.05) is 24.3 Å². The third-order valence-electron chi connectivity index (χ3n) is 1.76. The van der Waals surface area contributed by atoms with E-state index in [0.717, 1.165) is 11.3 Å². The quantitative estimate of drug-likeness (QED) is 0.357. The molecule has 0 radical (unpaired) electrons. The zero-order valence-corrected chi connectivity index (χ0v) is 9.52. The smallest absolute Gasteiger partial charge is 0.147 e. The second kappa shape index (κ2) is 5.19. The van der Waals surface area contributed by atoms with Crippen LogP contribution in [0.4, 0.5) is 0 Å². The topological polar surface area (TPSA) is 38.5 Å². The van der Waals surface area contributed by atoms with Crippen molar-refractivity contribution in [2.45, 2.75) is 6.54 Å². The summed E-state index contributed by atoms with van der Waals surface area (Å²) in [7, 11) is 1.63. The first-order chi connectivity index (χ1) is 6.63. The van der Waals surface area contributed by atoms with Crippen LogP contribution in [0.1, 0.15) is 5.56 Å². The molecule has 1 aromatic carbocycles. The Hall–Kier alpha value is -0.780. The van der Waals surface area contributed by atoms with Crippen LogP contribution in [0.25, 0.3) is 0 Å². The number of hydrogen-bond acceptors (Lipinski definition) is 3. The highest BCUT2D eigenvalue weighted by atomic mass is 32.1. The standard InChI is InChI=1S/C9H12N2OS2/c1-12-8-4-2-7(3-5-8)6-11(10)9(13)14/h2-5H,6,10H2,1H3,(H,13,14). The lowest BCUT2D eigenvalue weighted by atomic mass is 10.2. The lowest BCUT2D eigenvalue weighted by Crippen LogP contribution is -2.32. The molecule has 1 rings (SSSR count). The van der Waals surface area contributed by atoms with Crippen molar-refractivity contribution in [1.82, 2.24) is 5.01 Å². The fourth-order valence-electron chi connectivity index (χ4n) is 0.995. The Morgan fingerprint density at radius 1 is 1.50 bits per heavy atom. The highest BCUT2D eigenvalue weighted by molar-refractivity contribution is 8.10. The third-order valence-corrected chi connectivity index (χ3v) is 2.25. The molecule has 0 aliphatic rings. The summed E-state index contributed by atoms with van der Waals surface area (Å²) in [5.41, 5.74) is 1.06. The fourth-order valence-corrected chi connectivity index (χ4v) is 1.13. The monoisotopic (exact) mass is 228 g/mol. The van der Waals surface area contributed by atoms with Crippen LogP contribution in [-0.2, 0) is 6.54 Å². The van der Waals surface area contributed by atoms with Crippen LogP contribution in [0.3, 0.4) is 0 Å². The number of rotatable bonds is 3. The third kappa shape index (κ3) is 3.17. The van der Waals surface area contributed by atoms with Crippen molar-refractivity contribution in [2.75, 3.05) is 7.11 Å². The minimum absolute atomic E-state index is 0.376. The van der Waals surface area contributed by atoms with Crippen molar-refractivity contribution in [2.24, 2.45) is 5.84 Å². The van der Waals surface area contributed by atoms with Crippen LogP contribution in [0.15, 0.2) is 24.3 Å². The summed E-state index contributed by atoms with van der Waals surface area (Å²) < 4.78 is 5.41. The predicted octanol–water partition coefficient (Wildman–Crippen LogP) is 1.59. The zero-order valence-electron chi connectivity index (χ0n) is 7.80. The van der Waals surface area contributed by atoms with Crippen LogP contribution in [-0.4, -0.2) is 16.4 Å². The number of ether oxygens (including phenoxy) is 1. The molecule has 2 N–H and O–H groups in total. The van der Waals surface area contributed by atoms with E-state index in [2.05, 4.69) is 12.6 Å². The van der Waals surface area contributed by atoms with Gasteiger partial charge in [0.05, 0.1) is 13.7 Å². The number of thiocarbonyl (C=S) groups is 1. The Labute approximate surface area is 94.2 Å². The lowest BCUT2D eigenvalue weighted by molar-refractivity contribution is 0.413. The molecule has 0 saturated heterocycles. The van der Waals surface area contributed by atoms with Gasteiger partial charge in [-0.2, -0.15) is 0 Å². The maximum Gasteiger partial charge on any atom is 0.147 e. The van der Waals surface area contributed by atoms with E-state index in [1.165, 1.54) is 5.01 Å². The van der Waals surface area contributed by atoms with Gasteiger partial charge in [0.1, 0.15) is 10.1 Å². The molecule has 0 bridgehead atoms. The molecule has 0 fully saturated rings. The molecular weight excluding hydrogens is 216 g/mol. The van der Waals surface area contributed by atoms with Gasteiger partial charge >= 0.3 is 0 Å². The first kappa shape index (κ1) is 11.3. The van der Waals surface area contributed by atoms with Gasteiger partial charge in [-0.3, -0.25) is 5.01 Å². The molecule has 0 unspecified atom stereocenters. The molecule has 0 amide bonds. The average molecular weight is 228 g/mol. The molecule has 0 spiro atoms. The molecule has 14 heavy (non-hydrogen) atoms. The predicted molar refractivity (Wildman–Crippen MR) is 64.3 cm³/mol. The maximum atomic E-state index is 5.60. The van der Waals surface area contributed by atoms with Crippen LogP contribution in [0, 0.1) is 0 Å². The minimum Gasteiger partial charge on any atom is -0.497 e. The summed E-state index contributed by atoms with van der Waals surface area (Å²) in [6, 6.07) is 7.63. The first-order valence-electron chi connectivity index (χ1n) is 4.01. The van der Waals surface area contributed by atoms with E-state index < -0.39 is 0 Å². The summed E-state index contributed by atoms with van der Waals surface area (Å²) in [4.78, 5) is 0. The Morgan fingerprint density at radius 2 is 2.07 bits per heavy atom. The molecule has 0 aromatic heterocycles. The van der Waals surface area contributed by atoms with Crippen LogP contribution < -0.4 is 10.6 Å².